The van der Waals surface area contributed by atoms with E-state index in [2.05, 4.69) is 63.3 Å². The highest BCUT2D eigenvalue weighted by Gasteiger charge is 2.33. The minimum Gasteiger partial charge on any atom is -0.354 e. The first-order valence-corrected chi connectivity index (χ1v) is 12.2. The van der Waals surface area contributed by atoms with Gasteiger partial charge in [0, 0.05) is 49.7 Å². The van der Waals surface area contributed by atoms with E-state index in [1.807, 2.05) is 6.07 Å². The predicted octanol–water partition coefficient (Wildman–Crippen LogP) is 3.14. The fourth-order valence-corrected chi connectivity index (χ4v) is 6.55. The van der Waals surface area contributed by atoms with E-state index in [0.29, 0.717) is 11.5 Å². The number of H-pyrrole nitrogens is 1. The molecule has 0 amide bonds. The zero-order chi connectivity index (χ0) is 19.8. The maximum absolute atomic E-state index is 11.8. The molecule has 1 N–H and O–H groups in total. The second-order valence-corrected chi connectivity index (χ2v) is 10.5. The number of fused-ring (bicyclic) bond motifs is 1. The number of sulfone groups is 1. The molecule has 3 heterocycles. The summed E-state index contributed by atoms with van der Waals surface area (Å²) in [5.74, 6) is 0.696. The maximum atomic E-state index is 11.8. The number of rotatable bonds is 4. The summed E-state index contributed by atoms with van der Waals surface area (Å²) in [7, 11) is -2.82. The first-order chi connectivity index (χ1) is 14.1. The van der Waals surface area contributed by atoms with Crippen LogP contribution in [0.2, 0.25) is 0 Å². The monoisotopic (exact) mass is 409 g/mol. The van der Waals surface area contributed by atoms with E-state index in [-0.39, 0.29) is 6.04 Å². The van der Waals surface area contributed by atoms with Gasteiger partial charge in [0.05, 0.1) is 17.2 Å². The number of hydrogen-bond donors (Lipinski definition) is 1. The molecule has 2 fully saturated rings. The second-order valence-electron chi connectivity index (χ2n) is 8.26. The van der Waals surface area contributed by atoms with Crippen molar-refractivity contribution in [2.24, 2.45) is 0 Å². The molecule has 0 aliphatic carbocycles. The number of nitrogens with zero attached hydrogens (tertiary/aromatic N) is 2. The Morgan fingerprint density at radius 3 is 2.38 bits per heavy atom. The van der Waals surface area contributed by atoms with Crippen LogP contribution >= 0.6 is 0 Å². The number of piperazine rings is 1. The maximum Gasteiger partial charge on any atom is 0.151 e. The number of hydrogen-bond acceptors (Lipinski definition) is 4. The van der Waals surface area contributed by atoms with Crippen molar-refractivity contribution in [2.75, 3.05) is 37.7 Å². The van der Waals surface area contributed by atoms with Gasteiger partial charge < -0.3 is 4.98 Å². The Bertz CT molecular complexity index is 1100. The average molecular weight is 410 g/mol. The topological polar surface area (TPSA) is 56.4 Å². The minimum atomic E-state index is -2.82. The molecule has 0 bridgehead atoms. The van der Waals surface area contributed by atoms with E-state index < -0.39 is 9.84 Å². The third-order valence-electron chi connectivity index (χ3n) is 6.39. The molecule has 5 rings (SSSR count). The van der Waals surface area contributed by atoms with Crippen LogP contribution in [0.5, 0.6) is 0 Å². The Balaban J connectivity index is 1.35. The lowest BCUT2D eigenvalue weighted by molar-refractivity contribution is 0.100. The van der Waals surface area contributed by atoms with E-state index in [0.717, 1.165) is 39.1 Å². The molecule has 2 aliphatic rings. The van der Waals surface area contributed by atoms with Gasteiger partial charge in [-0.05, 0) is 23.6 Å². The van der Waals surface area contributed by atoms with Gasteiger partial charge in [0.15, 0.2) is 9.84 Å². The van der Waals surface area contributed by atoms with Gasteiger partial charge in [0.25, 0.3) is 0 Å². The summed E-state index contributed by atoms with van der Waals surface area (Å²) in [5.41, 5.74) is 4.95. The fraction of sp³-hybridized carbons (Fsp3) is 0.391. The molecular formula is C23H27N3O2S. The van der Waals surface area contributed by atoms with Crippen molar-refractivity contribution in [3.8, 4) is 11.3 Å². The van der Waals surface area contributed by atoms with Crippen LogP contribution in [-0.4, -0.2) is 66.9 Å². The number of aromatic amines is 1. The van der Waals surface area contributed by atoms with Gasteiger partial charge in [-0.2, -0.15) is 0 Å². The Kier molecular flexibility index (Phi) is 4.94. The molecule has 5 nitrogen and oxygen atoms in total. The molecule has 1 unspecified atom stereocenters. The lowest BCUT2D eigenvalue weighted by atomic mass is 10.0. The molecule has 2 saturated heterocycles. The SMILES string of the molecule is O=S1(=O)CCC(N2CCN(Cc3c(-c4ccccc4)[nH]c4ccccc34)CC2)C1. The summed E-state index contributed by atoms with van der Waals surface area (Å²) in [6.07, 6.45) is 0.795. The molecular weight excluding hydrogens is 382 g/mol. The summed E-state index contributed by atoms with van der Waals surface area (Å²) in [6.45, 7) is 4.76. The van der Waals surface area contributed by atoms with Crippen molar-refractivity contribution in [2.45, 2.75) is 19.0 Å². The molecule has 152 valence electrons. The summed E-state index contributed by atoms with van der Waals surface area (Å²) in [6, 6.07) is 19.3. The predicted molar refractivity (Wildman–Crippen MR) is 118 cm³/mol. The smallest absolute Gasteiger partial charge is 0.151 e. The zero-order valence-electron chi connectivity index (χ0n) is 16.5. The van der Waals surface area contributed by atoms with Crippen LogP contribution in [-0.2, 0) is 16.4 Å². The standard InChI is InChI=1S/C23H27N3O2S/c27-29(28)15-10-19(17-29)26-13-11-25(12-14-26)16-21-20-8-4-5-9-22(20)24-23(21)18-6-2-1-3-7-18/h1-9,19,24H,10-17H2. The summed E-state index contributed by atoms with van der Waals surface area (Å²) >= 11 is 0. The van der Waals surface area contributed by atoms with Crippen LogP contribution in [0.1, 0.15) is 12.0 Å². The van der Waals surface area contributed by atoms with Crippen molar-refractivity contribution in [1.29, 1.82) is 0 Å². The molecule has 1 aromatic heterocycles. The van der Waals surface area contributed by atoms with Gasteiger partial charge >= 0.3 is 0 Å². The number of aromatic nitrogens is 1. The second kappa shape index (κ2) is 7.59. The van der Waals surface area contributed by atoms with E-state index in [9.17, 15) is 8.42 Å². The van der Waals surface area contributed by atoms with Crippen molar-refractivity contribution in [3.63, 3.8) is 0 Å². The van der Waals surface area contributed by atoms with Gasteiger partial charge in [0.1, 0.15) is 0 Å². The Morgan fingerprint density at radius 2 is 1.66 bits per heavy atom. The highest BCUT2D eigenvalue weighted by atomic mass is 32.2. The minimum absolute atomic E-state index is 0.218. The van der Waals surface area contributed by atoms with Crippen LogP contribution in [0, 0.1) is 0 Å². The largest absolute Gasteiger partial charge is 0.354 e. The van der Waals surface area contributed by atoms with Gasteiger partial charge in [-0.15, -0.1) is 0 Å². The highest BCUT2D eigenvalue weighted by Crippen LogP contribution is 2.31. The van der Waals surface area contributed by atoms with Gasteiger partial charge in [-0.3, -0.25) is 9.80 Å². The zero-order valence-corrected chi connectivity index (χ0v) is 17.4. The van der Waals surface area contributed by atoms with Crippen molar-refractivity contribution in [3.05, 3.63) is 60.2 Å². The van der Waals surface area contributed by atoms with Crippen molar-refractivity contribution in [1.82, 2.24) is 14.8 Å². The molecule has 0 radical (unpaired) electrons. The molecule has 0 spiro atoms. The number of para-hydroxylation sites is 1. The third-order valence-corrected chi connectivity index (χ3v) is 8.14. The summed E-state index contributed by atoms with van der Waals surface area (Å²) in [4.78, 5) is 8.51. The van der Waals surface area contributed by atoms with E-state index in [1.54, 1.807) is 0 Å². The van der Waals surface area contributed by atoms with Crippen molar-refractivity contribution < 1.29 is 8.42 Å². The van der Waals surface area contributed by atoms with Gasteiger partial charge in [-0.25, -0.2) is 8.42 Å². The van der Waals surface area contributed by atoms with Gasteiger partial charge in [-0.1, -0.05) is 48.5 Å². The van der Waals surface area contributed by atoms with E-state index in [4.69, 9.17) is 0 Å². The quantitative estimate of drug-likeness (QED) is 0.719. The fourth-order valence-electron chi connectivity index (χ4n) is 4.79. The van der Waals surface area contributed by atoms with Crippen molar-refractivity contribution >= 4 is 20.7 Å². The number of benzene rings is 2. The Labute approximate surface area is 172 Å². The lowest BCUT2D eigenvalue weighted by Crippen LogP contribution is -2.50. The van der Waals surface area contributed by atoms with Crippen LogP contribution in [0.15, 0.2) is 54.6 Å². The van der Waals surface area contributed by atoms with Gasteiger partial charge in [0.2, 0.25) is 0 Å². The molecule has 0 saturated carbocycles. The normalized spacial score (nSPS) is 23.0. The third kappa shape index (κ3) is 3.84. The summed E-state index contributed by atoms with van der Waals surface area (Å²) < 4.78 is 23.6. The molecule has 1 atom stereocenters. The van der Waals surface area contributed by atoms with Crippen LogP contribution < -0.4 is 0 Å². The molecule has 2 aliphatic heterocycles. The first kappa shape index (κ1) is 18.9. The van der Waals surface area contributed by atoms with Crippen LogP contribution in [0.3, 0.4) is 0 Å². The van der Waals surface area contributed by atoms with Crippen LogP contribution in [0.25, 0.3) is 22.2 Å². The average Bonchev–Trinajstić information content (AvgIpc) is 3.29. The van der Waals surface area contributed by atoms with E-state index in [1.165, 1.54) is 27.7 Å². The summed E-state index contributed by atoms with van der Waals surface area (Å²) in [5, 5.41) is 1.29. The molecule has 29 heavy (non-hydrogen) atoms. The Morgan fingerprint density at radius 1 is 0.931 bits per heavy atom. The highest BCUT2D eigenvalue weighted by molar-refractivity contribution is 7.91. The molecule has 6 heteroatoms. The Hall–Kier alpha value is -2.15. The number of nitrogens with one attached hydrogen (secondary N) is 1. The lowest BCUT2D eigenvalue weighted by Gasteiger charge is -2.37. The van der Waals surface area contributed by atoms with E-state index >= 15 is 0 Å². The molecule has 2 aromatic carbocycles. The molecule has 3 aromatic rings. The first-order valence-electron chi connectivity index (χ1n) is 10.4. The van der Waals surface area contributed by atoms with Crippen LogP contribution in [0.4, 0.5) is 0 Å².